The zero-order valence-electron chi connectivity index (χ0n) is 17.2. The molecule has 2 aromatic rings. The predicted octanol–water partition coefficient (Wildman–Crippen LogP) is 4.59. The van der Waals surface area contributed by atoms with Crippen LogP contribution in [0.2, 0.25) is 0 Å². The normalized spacial score (nSPS) is 11.9. The van der Waals surface area contributed by atoms with Crippen molar-refractivity contribution in [2.45, 2.75) is 45.8 Å². The molecule has 152 valence electrons. The first-order chi connectivity index (χ1) is 13.5. The zero-order chi connectivity index (χ0) is 20.4. The third-order valence-corrected chi connectivity index (χ3v) is 4.64. The van der Waals surface area contributed by atoms with Gasteiger partial charge >= 0.3 is 0 Å². The molecule has 1 N–H and O–H groups in total. The average Bonchev–Trinajstić information content (AvgIpc) is 2.69. The number of nitrogens with one attached hydrogen (secondary N) is 1. The predicted molar refractivity (Wildman–Crippen MR) is 119 cm³/mol. The molecule has 2 rings (SSSR count). The van der Waals surface area contributed by atoms with E-state index in [0.29, 0.717) is 6.61 Å². The molecule has 0 heterocycles. The second-order valence-electron chi connectivity index (χ2n) is 6.83. The molecule has 1 atom stereocenters. The van der Waals surface area contributed by atoms with Gasteiger partial charge < -0.3 is 19.5 Å². The smallest absolute Gasteiger partial charge is 0.161 e. The van der Waals surface area contributed by atoms with Gasteiger partial charge in [0.25, 0.3) is 0 Å². The van der Waals surface area contributed by atoms with Crippen molar-refractivity contribution < 1.29 is 14.2 Å². The number of methoxy groups -OCH3 is 1. The van der Waals surface area contributed by atoms with Crippen LogP contribution in [-0.2, 0) is 17.6 Å². The molecule has 0 fully saturated rings. The summed E-state index contributed by atoms with van der Waals surface area (Å²) < 4.78 is 17.1. The van der Waals surface area contributed by atoms with Gasteiger partial charge in [-0.2, -0.15) is 0 Å². The highest BCUT2D eigenvalue weighted by atomic mass is 32.1. The maximum absolute atomic E-state index is 5.86. The Bertz CT molecular complexity index is 734. The molecule has 0 radical (unpaired) electrons. The highest BCUT2D eigenvalue weighted by molar-refractivity contribution is 7.80. The first-order valence-corrected chi connectivity index (χ1v) is 10.2. The van der Waals surface area contributed by atoms with Crippen molar-refractivity contribution in [2.75, 3.05) is 20.3 Å². The highest BCUT2D eigenvalue weighted by Crippen LogP contribution is 2.29. The van der Waals surface area contributed by atoms with E-state index in [1.807, 2.05) is 51.1 Å². The molecule has 0 saturated heterocycles. The highest BCUT2D eigenvalue weighted by Gasteiger charge is 2.15. The minimum absolute atomic E-state index is 0.110. The van der Waals surface area contributed by atoms with Crippen LogP contribution in [0.25, 0.3) is 0 Å². The fourth-order valence-corrected chi connectivity index (χ4v) is 3.17. The fraction of sp³-hybridized carbons (Fsp3) is 0.435. The van der Waals surface area contributed by atoms with Gasteiger partial charge in [-0.25, -0.2) is 0 Å². The number of thiocarbonyl (C=S) groups is 1. The SMILES string of the molecule is CCO[C@@H](Cc1ccccc1)C(=S)NCCc1ccc(OC(C)C)c(OC)c1. The minimum Gasteiger partial charge on any atom is -0.493 e. The molecule has 0 amide bonds. The molecule has 0 bridgehead atoms. The van der Waals surface area contributed by atoms with Crippen LogP contribution in [0.4, 0.5) is 0 Å². The molecule has 2 aromatic carbocycles. The van der Waals surface area contributed by atoms with E-state index >= 15 is 0 Å². The number of ether oxygens (including phenoxy) is 3. The van der Waals surface area contributed by atoms with Crippen LogP contribution in [0.5, 0.6) is 11.5 Å². The minimum atomic E-state index is -0.112. The topological polar surface area (TPSA) is 39.7 Å². The number of hydrogen-bond acceptors (Lipinski definition) is 4. The Morgan fingerprint density at radius 3 is 2.43 bits per heavy atom. The Morgan fingerprint density at radius 1 is 1.04 bits per heavy atom. The van der Waals surface area contributed by atoms with Crippen molar-refractivity contribution in [2.24, 2.45) is 0 Å². The standard InChI is InChI=1S/C23H31NO3S/c1-5-26-22(16-18-9-7-6-8-10-18)23(28)24-14-13-19-11-12-20(27-17(2)3)21(15-19)25-4/h6-12,15,17,22H,5,13-14,16H2,1-4H3,(H,24,28)/t22-/m0/s1. The van der Waals surface area contributed by atoms with Gasteiger partial charge in [-0.05, 0) is 50.5 Å². The van der Waals surface area contributed by atoms with Crippen LogP contribution in [0.1, 0.15) is 31.9 Å². The largest absolute Gasteiger partial charge is 0.493 e. The van der Waals surface area contributed by atoms with Crippen molar-refractivity contribution in [3.8, 4) is 11.5 Å². The summed E-state index contributed by atoms with van der Waals surface area (Å²) in [5, 5.41) is 3.35. The Kier molecular flexibility index (Phi) is 9.24. The van der Waals surface area contributed by atoms with Crippen LogP contribution in [0.15, 0.2) is 48.5 Å². The average molecular weight is 402 g/mol. The van der Waals surface area contributed by atoms with Gasteiger partial charge in [0, 0.05) is 19.6 Å². The zero-order valence-corrected chi connectivity index (χ0v) is 18.1. The van der Waals surface area contributed by atoms with Gasteiger partial charge in [0.1, 0.15) is 11.1 Å². The Morgan fingerprint density at radius 2 is 1.79 bits per heavy atom. The van der Waals surface area contributed by atoms with Crippen molar-refractivity contribution in [3.63, 3.8) is 0 Å². The number of benzene rings is 2. The van der Waals surface area contributed by atoms with Gasteiger partial charge in [-0.3, -0.25) is 0 Å². The van der Waals surface area contributed by atoms with Crippen molar-refractivity contribution in [1.82, 2.24) is 5.32 Å². The molecule has 5 heteroatoms. The number of rotatable bonds is 11. The maximum Gasteiger partial charge on any atom is 0.161 e. The molecular formula is C23H31NO3S. The molecule has 0 saturated carbocycles. The lowest BCUT2D eigenvalue weighted by Gasteiger charge is -2.20. The van der Waals surface area contributed by atoms with Crippen molar-refractivity contribution in [1.29, 1.82) is 0 Å². The number of hydrogen-bond donors (Lipinski definition) is 1. The Labute approximate surface area is 174 Å². The Hall–Kier alpha value is -2.11. The molecule has 4 nitrogen and oxygen atoms in total. The van der Waals surface area contributed by atoms with Gasteiger partial charge in [0.15, 0.2) is 11.5 Å². The summed E-state index contributed by atoms with van der Waals surface area (Å²) in [4.78, 5) is 0.748. The summed E-state index contributed by atoms with van der Waals surface area (Å²) in [5.41, 5.74) is 2.38. The van der Waals surface area contributed by atoms with Gasteiger partial charge in [-0.1, -0.05) is 48.6 Å². The van der Waals surface area contributed by atoms with Gasteiger partial charge in [-0.15, -0.1) is 0 Å². The van der Waals surface area contributed by atoms with E-state index in [1.165, 1.54) is 11.1 Å². The van der Waals surface area contributed by atoms with E-state index < -0.39 is 0 Å². The molecule has 0 unspecified atom stereocenters. The maximum atomic E-state index is 5.86. The van der Waals surface area contributed by atoms with E-state index in [2.05, 4.69) is 23.5 Å². The fourth-order valence-electron chi connectivity index (χ4n) is 2.92. The molecule has 0 aliphatic rings. The van der Waals surface area contributed by atoms with Crippen LogP contribution < -0.4 is 14.8 Å². The third kappa shape index (κ3) is 7.13. The van der Waals surface area contributed by atoms with Crippen molar-refractivity contribution in [3.05, 3.63) is 59.7 Å². The van der Waals surface area contributed by atoms with E-state index in [0.717, 1.165) is 35.9 Å². The van der Waals surface area contributed by atoms with Crippen molar-refractivity contribution >= 4 is 17.2 Å². The van der Waals surface area contributed by atoms with Crippen LogP contribution in [-0.4, -0.2) is 37.5 Å². The second kappa shape index (κ2) is 11.7. The molecular weight excluding hydrogens is 370 g/mol. The third-order valence-electron chi connectivity index (χ3n) is 4.23. The Balaban J connectivity index is 1.90. The summed E-state index contributed by atoms with van der Waals surface area (Å²) in [5.74, 6) is 1.52. The molecule has 0 aromatic heterocycles. The lowest BCUT2D eigenvalue weighted by Crippen LogP contribution is -2.37. The van der Waals surface area contributed by atoms with Gasteiger partial charge in [0.05, 0.1) is 13.2 Å². The monoisotopic (exact) mass is 401 g/mol. The first kappa shape index (κ1) is 22.2. The molecule has 0 aliphatic carbocycles. The van der Waals surface area contributed by atoms with Crippen LogP contribution in [0, 0.1) is 0 Å². The lowest BCUT2D eigenvalue weighted by molar-refractivity contribution is 0.109. The summed E-state index contributed by atoms with van der Waals surface area (Å²) in [6.45, 7) is 7.37. The summed E-state index contributed by atoms with van der Waals surface area (Å²) in [7, 11) is 1.66. The van der Waals surface area contributed by atoms with Crippen LogP contribution in [0.3, 0.4) is 0 Å². The lowest BCUT2D eigenvalue weighted by atomic mass is 10.1. The first-order valence-electron chi connectivity index (χ1n) is 9.80. The van der Waals surface area contributed by atoms with E-state index in [1.54, 1.807) is 7.11 Å². The molecule has 28 heavy (non-hydrogen) atoms. The van der Waals surface area contributed by atoms with E-state index in [-0.39, 0.29) is 12.2 Å². The quantitative estimate of drug-likeness (QED) is 0.558. The summed E-state index contributed by atoms with van der Waals surface area (Å²) >= 11 is 5.59. The summed E-state index contributed by atoms with van der Waals surface area (Å²) in [6.07, 6.45) is 1.61. The summed E-state index contributed by atoms with van der Waals surface area (Å²) in [6, 6.07) is 16.3. The van der Waals surface area contributed by atoms with E-state index in [4.69, 9.17) is 26.4 Å². The van der Waals surface area contributed by atoms with E-state index in [9.17, 15) is 0 Å². The van der Waals surface area contributed by atoms with Gasteiger partial charge in [0.2, 0.25) is 0 Å². The molecule has 0 aliphatic heterocycles. The molecule has 0 spiro atoms. The van der Waals surface area contributed by atoms with Crippen LogP contribution >= 0.6 is 12.2 Å². The second-order valence-corrected chi connectivity index (χ2v) is 7.27.